The zero-order valence-electron chi connectivity index (χ0n) is 19.4. The Morgan fingerprint density at radius 2 is 1.18 bits per heavy atom. The van der Waals surface area contributed by atoms with Crippen LogP contribution in [0.1, 0.15) is 68.2 Å². The van der Waals surface area contributed by atoms with Crippen molar-refractivity contribution in [2.45, 2.75) is 58.8 Å². The molecule has 2 nitrogen and oxygen atoms in total. The lowest BCUT2D eigenvalue weighted by Crippen LogP contribution is -1.95. The van der Waals surface area contributed by atoms with Gasteiger partial charge in [0.2, 0.25) is 0 Å². The van der Waals surface area contributed by atoms with Crippen LogP contribution in [0, 0.1) is 23.5 Å². The van der Waals surface area contributed by atoms with Crippen molar-refractivity contribution in [1.82, 2.24) is 0 Å². The first-order chi connectivity index (χ1) is 16.1. The number of azo groups is 1. The molecule has 0 amide bonds. The van der Waals surface area contributed by atoms with Crippen LogP contribution in [0.25, 0.3) is 0 Å². The highest BCUT2D eigenvalue weighted by Crippen LogP contribution is 2.20. The topological polar surface area (TPSA) is 24.7 Å². The van der Waals surface area contributed by atoms with E-state index in [1.165, 1.54) is 37.0 Å². The van der Waals surface area contributed by atoms with E-state index in [2.05, 4.69) is 41.1 Å². The number of halogens is 2. The van der Waals surface area contributed by atoms with Crippen molar-refractivity contribution in [2.24, 2.45) is 10.2 Å². The molecule has 0 N–H and O–H groups in total. The number of hydrogen-bond acceptors (Lipinski definition) is 2. The second-order valence-corrected chi connectivity index (χ2v) is 8.16. The van der Waals surface area contributed by atoms with E-state index < -0.39 is 11.6 Å². The minimum Gasteiger partial charge on any atom is -0.206 e. The van der Waals surface area contributed by atoms with E-state index in [0.29, 0.717) is 23.2 Å². The largest absolute Gasteiger partial charge is 0.206 e. The maximum atomic E-state index is 14.3. The number of nitrogens with zero attached hydrogens (tertiary/aromatic N) is 2. The van der Waals surface area contributed by atoms with E-state index in [0.717, 1.165) is 24.9 Å². The lowest BCUT2D eigenvalue weighted by atomic mass is 10.0. The van der Waals surface area contributed by atoms with Gasteiger partial charge in [0.15, 0.2) is 0 Å². The molecular formula is C29H30F2N2. The fraction of sp³-hybridized carbons (Fsp3) is 0.310. The Bertz CT molecular complexity index is 1100. The van der Waals surface area contributed by atoms with Crippen molar-refractivity contribution in [3.63, 3.8) is 0 Å². The first kappa shape index (κ1) is 24.3. The molecule has 0 bridgehead atoms. The van der Waals surface area contributed by atoms with E-state index in [4.69, 9.17) is 0 Å². The van der Waals surface area contributed by atoms with E-state index in [-0.39, 0.29) is 5.56 Å². The van der Waals surface area contributed by atoms with Crippen LogP contribution in [-0.4, -0.2) is 0 Å². The highest BCUT2D eigenvalue weighted by Gasteiger charge is 2.09. The van der Waals surface area contributed by atoms with Gasteiger partial charge in [0.05, 0.1) is 16.9 Å². The van der Waals surface area contributed by atoms with Crippen LogP contribution in [0.15, 0.2) is 70.9 Å². The van der Waals surface area contributed by atoms with Gasteiger partial charge in [0.1, 0.15) is 11.6 Å². The second-order valence-electron chi connectivity index (χ2n) is 8.16. The quantitative estimate of drug-likeness (QED) is 0.179. The molecule has 0 aliphatic rings. The predicted octanol–water partition coefficient (Wildman–Crippen LogP) is 8.86. The third-order valence-corrected chi connectivity index (χ3v) is 5.41. The molecule has 33 heavy (non-hydrogen) atoms. The highest BCUT2D eigenvalue weighted by molar-refractivity contribution is 5.49. The summed E-state index contributed by atoms with van der Waals surface area (Å²) in [6, 6.07) is 18.0. The van der Waals surface area contributed by atoms with Gasteiger partial charge in [-0.2, -0.15) is 10.2 Å². The summed E-state index contributed by atoms with van der Waals surface area (Å²) in [5, 5.41) is 8.54. The molecule has 0 aromatic heterocycles. The second kappa shape index (κ2) is 12.6. The monoisotopic (exact) mass is 444 g/mol. The SMILES string of the molecule is CCCCCc1ccc(N=Nc2ccc(C#Cc3c(F)cc(CCCC)cc3F)cc2)cc1. The van der Waals surface area contributed by atoms with Crippen molar-refractivity contribution < 1.29 is 8.78 Å². The predicted molar refractivity (Wildman–Crippen MR) is 131 cm³/mol. The Kier molecular flexibility index (Phi) is 9.32. The Morgan fingerprint density at radius 1 is 0.636 bits per heavy atom. The standard InChI is InChI=1S/C29H30F2N2/c1-3-5-7-9-22-10-15-25(16-11-22)32-33-26-17-12-23(13-18-26)14-19-27-28(30)20-24(8-6-4-2)21-29(27)31/h10-13,15-18,20-21H,3-9H2,1-2H3. The summed E-state index contributed by atoms with van der Waals surface area (Å²) in [4.78, 5) is 0. The maximum Gasteiger partial charge on any atom is 0.142 e. The molecule has 3 aromatic carbocycles. The van der Waals surface area contributed by atoms with Crippen molar-refractivity contribution in [1.29, 1.82) is 0 Å². The number of unbranched alkanes of at least 4 members (excludes halogenated alkanes) is 3. The van der Waals surface area contributed by atoms with Gasteiger partial charge in [-0.05, 0) is 85.3 Å². The molecule has 4 heteroatoms. The third kappa shape index (κ3) is 7.64. The summed E-state index contributed by atoms with van der Waals surface area (Å²) in [7, 11) is 0. The first-order valence-corrected chi connectivity index (χ1v) is 11.7. The van der Waals surface area contributed by atoms with Crippen molar-refractivity contribution in [3.05, 3.63) is 94.6 Å². The van der Waals surface area contributed by atoms with E-state index >= 15 is 0 Å². The zero-order chi connectivity index (χ0) is 23.5. The van der Waals surface area contributed by atoms with Gasteiger partial charge >= 0.3 is 0 Å². The number of aryl methyl sites for hydroxylation is 2. The summed E-state index contributed by atoms with van der Waals surface area (Å²) in [6.07, 6.45) is 7.30. The van der Waals surface area contributed by atoms with Gasteiger partial charge in [-0.1, -0.05) is 57.1 Å². The van der Waals surface area contributed by atoms with Crippen LogP contribution in [0.4, 0.5) is 20.2 Å². The molecule has 0 aliphatic heterocycles. The highest BCUT2D eigenvalue weighted by atomic mass is 19.1. The molecule has 0 atom stereocenters. The third-order valence-electron chi connectivity index (χ3n) is 5.41. The van der Waals surface area contributed by atoms with Gasteiger partial charge < -0.3 is 0 Å². The number of benzene rings is 3. The Labute approximate surface area is 195 Å². The molecule has 0 saturated carbocycles. The van der Waals surface area contributed by atoms with Gasteiger partial charge in [0, 0.05) is 5.56 Å². The van der Waals surface area contributed by atoms with Crippen LogP contribution in [0.5, 0.6) is 0 Å². The lowest BCUT2D eigenvalue weighted by molar-refractivity contribution is 0.572. The van der Waals surface area contributed by atoms with Gasteiger partial charge in [-0.15, -0.1) is 0 Å². The molecule has 3 rings (SSSR count). The number of rotatable bonds is 9. The van der Waals surface area contributed by atoms with Crippen LogP contribution in [0.2, 0.25) is 0 Å². The molecule has 170 valence electrons. The fourth-order valence-corrected chi connectivity index (χ4v) is 3.44. The number of hydrogen-bond donors (Lipinski definition) is 0. The van der Waals surface area contributed by atoms with E-state index in [9.17, 15) is 8.78 Å². The summed E-state index contributed by atoms with van der Waals surface area (Å²) >= 11 is 0. The van der Waals surface area contributed by atoms with Gasteiger partial charge in [0.25, 0.3) is 0 Å². The molecule has 0 heterocycles. The average molecular weight is 445 g/mol. The molecule has 0 unspecified atom stereocenters. The molecule has 3 aromatic rings. The summed E-state index contributed by atoms with van der Waals surface area (Å²) in [6.45, 7) is 4.25. The maximum absolute atomic E-state index is 14.3. The first-order valence-electron chi connectivity index (χ1n) is 11.7. The van der Waals surface area contributed by atoms with Gasteiger partial charge in [-0.3, -0.25) is 0 Å². The van der Waals surface area contributed by atoms with Crippen LogP contribution >= 0.6 is 0 Å². The average Bonchev–Trinajstić information content (AvgIpc) is 2.82. The molecule has 0 aliphatic carbocycles. The Morgan fingerprint density at radius 3 is 1.76 bits per heavy atom. The van der Waals surface area contributed by atoms with Crippen LogP contribution in [-0.2, 0) is 12.8 Å². The molecular weight excluding hydrogens is 414 g/mol. The fourth-order valence-electron chi connectivity index (χ4n) is 3.44. The lowest BCUT2D eigenvalue weighted by Gasteiger charge is -2.03. The van der Waals surface area contributed by atoms with Crippen molar-refractivity contribution in [2.75, 3.05) is 0 Å². The minimum atomic E-state index is -0.615. The Hall–Kier alpha value is -3.32. The zero-order valence-corrected chi connectivity index (χ0v) is 19.4. The van der Waals surface area contributed by atoms with Crippen LogP contribution in [0.3, 0.4) is 0 Å². The summed E-state index contributed by atoms with van der Waals surface area (Å²) in [5.74, 6) is 4.23. The van der Waals surface area contributed by atoms with Crippen molar-refractivity contribution in [3.8, 4) is 11.8 Å². The summed E-state index contributed by atoms with van der Waals surface area (Å²) in [5.41, 5.74) is 3.92. The molecule has 0 saturated heterocycles. The van der Waals surface area contributed by atoms with Gasteiger partial charge in [-0.25, -0.2) is 8.78 Å². The minimum absolute atomic E-state index is 0.197. The normalized spacial score (nSPS) is 10.9. The molecule has 0 radical (unpaired) electrons. The van der Waals surface area contributed by atoms with Crippen molar-refractivity contribution >= 4 is 11.4 Å². The van der Waals surface area contributed by atoms with E-state index in [1.54, 1.807) is 24.3 Å². The molecule has 0 fully saturated rings. The van der Waals surface area contributed by atoms with Crippen LogP contribution < -0.4 is 0 Å². The molecule has 0 spiro atoms. The Balaban J connectivity index is 1.63. The summed E-state index contributed by atoms with van der Waals surface area (Å²) < 4.78 is 28.6. The van der Waals surface area contributed by atoms with E-state index in [1.807, 2.05) is 19.1 Å². The smallest absolute Gasteiger partial charge is 0.142 e.